The third-order valence-electron chi connectivity index (χ3n) is 7.16. The molecule has 0 aliphatic carbocycles. The van der Waals surface area contributed by atoms with Gasteiger partial charge >= 0.3 is 0 Å². The third-order valence-corrected chi connectivity index (χ3v) is 7.16. The zero-order valence-corrected chi connectivity index (χ0v) is 19.9. The van der Waals surface area contributed by atoms with E-state index in [0.29, 0.717) is 23.2 Å². The van der Waals surface area contributed by atoms with Gasteiger partial charge < -0.3 is 20.7 Å². The number of para-hydroxylation sites is 1. The Hall–Kier alpha value is -3.32. The highest BCUT2D eigenvalue weighted by Crippen LogP contribution is 2.40. The molecule has 178 valence electrons. The van der Waals surface area contributed by atoms with Crippen LogP contribution in [0, 0.1) is 5.92 Å². The van der Waals surface area contributed by atoms with E-state index in [-0.39, 0.29) is 6.04 Å². The largest absolute Gasteiger partial charge is 0.457 e. The molecule has 1 aromatic heterocycles. The van der Waals surface area contributed by atoms with Crippen molar-refractivity contribution in [3.63, 3.8) is 0 Å². The van der Waals surface area contributed by atoms with Crippen molar-refractivity contribution < 1.29 is 9.53 Å². The summed E-state index contributed by atoms with van der Waals surface area (Å²) in [7, 11) is 0. The van der Waals surface area contributed by atoms with Crippen molar-refractivity contribution in [2.45, 2.75) is 45.2 Å². The molecule has 1 atom stereocenters. The first-order chi connectivity index (χ1) is 16.5. The van der Waals surface area contributed by atoms with E-state index in [2.05, 4.69) is 24.1 Å². The van der Waals surface area contributed by atoms with Gasteiger partial charge in [0.2, 0.25) is 0 Å². The van der Waals surface area contributed by atoms with Gasteiger partial charge in [-0.3, -0.25) is 4.79 Å². The second kappa shape index (κ2) is 9.50. The minimum Gasteiger partial charge on any atom is -0.457 e. The van der Waals surface area contributed by atoms with Crippen molar-refractivity contribution >= 4 is 11.7 Å². The minimum absolute atomic E-state index is 0.276. The van der Waals surface area contributed by atoms with E-state index in [1.807, 2.05) is 59.3 Å². The molecule has 3 heterocycles. The monoisotopic (exact) mass is 459 g/mol. The van der Waals surface area contributed by atoms with Crippen LogP contribution < -0.4 is 15.8 Å². The van der Waals surface area contributed by atoms with E-state index in [0.717, 1.165) is 61.8 Å². The molecule has 3 N–H and O–H groups in total. The average molecular weight is 460 g/mol. The molecule has 1 saturated heterocycles. The Morgan fingerprint density at radius 1 is 1.03 bits per heavy atom. The number of benzene rings is 2. The number of nitrogens with one attached hydrogen (secondary N) is 1. The lowest BCUT2D eigenvalue weighted by Gasteiger charge is -2.39. The fraction of sp³-hybridized carbons (Fsp3) is 0.407. The van der Waals surface area contributed by atoms with Gasteiger partial charge in [0, 0.05) is 18.2 Å². The molecular weight excluding hydrogens is 426 g/mol. The Morgan fingerprint density at radius 2 is 1.71 bits per heavy atom. The zero-order valence-electron chi connectivity index (χ0n) is 19.9. The quantitative estimate of drug-likeness (QED) is 0.547. The number of amides is 1. The summed E-state index contributed by atoms with van der Waals surface area (Å²) < 4.78 is 7.96. The Labute approximate surface area is 200 Å². The first kappa shape index (κ1) is 22.5. The van der Waals surface area contributed by atoms with Crippen LogP contribution in [0.5, 0.6) is 11.5 Å². The molecule has 7 heteroatoms. The molecule has 2 aliphatic heterocycles. The standard InChI is InChI=1S/C27H33N5O2/c1-18(2)31-16-13-19(14-17-31)23-12-15-29-27-24(26(28)33)25(30-32(23)27)20-8-10-22(11-9-20)34-21-6-4-3-5-7-21/h3-11,18-19,23,29H,12-17H2,1-2H3,(H2,28,33). The van der Waals surface area contributed by atoms with Crippen LogP contribution in [0.15, 0.2) is 54.6 Å². The van der Waals surface area contributed by atoms with Crippen molar-refractivity contribution in [3.8, 4) is 22.8 Å². The van der Waals surface area contributed by atoms with Gasteiger partial charge in [0.25, 0.3) is 5.91 Å². The van der Waals surface area contributed by atoms with Crippen LogP contribution in [-0.2, 0) is 0 Å². The number of anilines is 1. The van der Waals surface area contributed by atoms with Crippen molar-refractivity contribution in [1.29, 1.82) is 0 Å². The van der Waals surface area contributed by atoms with Gasteiger partial charge in [-0.05, 0) is 88.5 Å². The summed E-state index contributed by atoms with van der Waals surface area (Å²) in [5, 5.41) is 8.37. The Bertz CT molecular complexity index is 1130. The van der Waals surface area contributed by atoms with Crippen molar-refractivity contribution in [2.75, 3.05) is 25.0 Å². The minimum atomic E-state index is -0.455. The zero-order chi connectivity index (χ0) is 23.7. The molecule has 1 amide bonds. The molecule has 0 spiro atoms. The van der Waals surface area contributed by atoms with Crippen LogP contribution in [0.3, 0.4) is 0 Å². The molecule has 0 bridgehead atoms. The number of piperidine rings is 1. The third kappa shape index (κ3) is 4.40. The molecule has 1 fully saturated rings. The summed E-state index contributed by atoms with van der Waals surface area (Å²) >= 11 is 0. The van der Waals surface area contributed by atoms with E-state index in [1.165, 1.54) is 0 Å². The van der Waals surface area contributed by atoms with Crippen LogP contribution >= 0.6 is 0 Å². The van der Waals surface area contributed by atoms with E-state index in [1.54, 1.807) is 0 Å². The summed E-state index contributed by atoms with van der Waals surface area (Å²) in [6.07, 6.45) is 3.30. The number of hydrogen-bond donors (Lipinski definition) is 2. The topological polar surface area (TPSA) is 85.4 Å². The Balaban J connectivity index is 1.42. The van der Waals surface area contributed by atoms with Crippen molar-refractivity contribution in [2.24, 2.45) is 11.7 Å². The van der Waals surface area contributed by atoms with E-state index >= 15 is 0 Å². The Morgan fingerprint density at radius 3 is 2.35 bits per heavy atom. The maximum Gasteiger partial charge on any atom is 0.254 e. The van der Waals surface area contributed by atoms with E-state index in [4.69, 9.17) is 15.6 Å². The second-order valence-electron chi connectivity index (χ2n) is 9.57. The first-order valence-corrected chi connectivity index (χ1v) is 12.2. The normalized spacial score (nSPS) is 19.0. The van der Waals surface area contributed by atoms with Gasteiger partial charge in [-0.2, -0.15) is 5.10 Å². The number of likely N-dealkylation sites (tertiary alicyclic amines) is 1. The van der Waals surface area contributed by atoms with E-state index in [9.17, 15) is 4.79 Å². The highest BCUT2D eigenvalue weighted by Gasteiger charge is 2.35. The van der Waals surface area contributed by atoms with Gasteiger partial charge in [0.1, 0.15) is 28.6 Å². The van der Waals surface area contributed by atoms with Gasteiger partial charge in [-0.15, -0.1) is 0 Å². The molecule has 1 unspecified atom stereocenters. The molecule has 5 rings (SSSR count). The molecule has 3 aromatic rings. The van der Waals surface area contributed by atoms with Gasteiger partial charge in [-0.25, -0.2) is 4.68 Å². The lowest BCUT2D eigenvalue weighted by Crippen LogP contribution is -2.41. The molecule has 2 aromatic carbocycles. The summed E-state index contributed by atoms with van der Waals surface area (Å²) in [5.41, 5.74) is 7.82. The van der Waals surface area contributed by atoms with Crippen LogP contribution in [-0.4, -0.2) is 46.3 Å². The smallest absolute Gasteiger partial charge is 0.254 e. The number of fused-ring (bicyclic) bond motifs is 1. The van der Waals surface area contributed by atoms with Crippen LogP contribution in [0.1, 0.15) is 49.5 Å². The first-order valence-electron chi connectivity index (χ1n) is 12.2. The van der Waals surface area contributed by atoms with Gasteiger partial charge in [0.15, 0.2) is 0 Å². The number of nitrogens with zero attached hydrogens (tertiary/aromatic N) is 3. The number of rotatable bonds is 6. The number of hydrogen-bond acceptors (Lipinski definition) is 5. The molecule has 7 nitrogen and oxygen atoms in total. The molecule has 0 saturated carbocycles. The predicted octanol–water partition coefficient (Wildman–Crippen LogP) is 4.92. The Kier molecular flexibility index (Phi) is 6.28. The number of carbonyl (C=O) groups excluding carboxylic acids is 1. The average Bonchev–Trinajstić information content (AvgIpc) is 3.25. The summed E-state index contributed by atoms with van der Waals surface area (Å²) in [4.78, 5) is 15.1. The van der Waals surface area contributed by atoms with Crippen molar-refractivity contribution in [3.05, 3.63) is 60.2 Å². The molecule has 34 heavy (non-hydrogen) atoms. The van der Waals surface area contributed by atoms with Crippen LogP contribution in [0.25, 0.3) is 11.3 Å². The maximum atomic E-state index is 12.5. The summed E-state index contributed by atoms with van der Waals surface area (Å²) in [6.45, 7) is 7.57. The molecule has 0 radical (unpaired) electrons. The SMILES string of the molecule is CC(C)N1CCC(C2CCNc3c(C(N)=O)c(-c4ccc(Oc5ccccc5)cc4)nn32)CC1. The van der Waals surface area contributed by atoms with E-state index < -0.39 is 5.91 Å². The second-order valence-corrected chi connectivity index (χ2v) is 9.57. The molecular formula is C27H33N5O2. The summed E-state index contributed by atoms with van der Waals surface area (Å²) in [5.74, 6) is 2.36. The fourth-order valence-electron chi connectivity index (χ4n) is 5.30. The molecule has 2 aliphatic rings. The lowest BCUT2D eigenvalue weighted by molar-refractivity contribution is 0.1000. The highest BCUT2D eigenvalue weighted by molar-refractivity contribution is 6.03. The number of carbonyl (C=O) groups is 1. The number of primary amides is 1. The lowest BCUT2D eigenvalue weighted by atomic mass is 9.86. The summed E-state index contributed by atoms with van der Waals surface area (Å²) in [6, 6.07) is 18.2. The number of aromatic nitrogens is 2. The van der Waals surface area contributed by atoms with Crippen molar-refractivity contribution in [1.82, 2.24) is 14.7 Å². The van der Waals surface area contributed by atoms with Crippen LogP contribution in [0.4, 0.5) is 5.82 Å². The number of nitrogens with two attached hydrogens (primary N) is 1. The number of ether oxygens (including phenoxy) is 1. The fourth-order valence-corrected chi connectivity index (χ4v) is 5.30. The highest BCUT2D eigenvalue weighted by atomic mass is 16.5. The van der Waals surface area contributed by atoms with Gasteiger partial charge in [-0.1, -0.05) is 18.2 Å². The predicted molar refractivity (Wildman–Crippen MR) is 134 cm³/mol. The maximum absolute atomic E-state index is 12.5. The van der Waals surface area contributed by atoms with Crippen LogP contribution in [0.2, 0.25) is 0 Å². The van der Waals surface area contributed by atoms with Gasteiger partial charge in [0.05, 0.1) is 6.04 Å².